The predicted molar refractivity (Wildman–Crippen MR) is 108 cm³/mol. The molecule has 146 valence electrons. The molecule has 0 amide bonds. The molecular weight excluding hydrogens is 328 g/mol. The smallest absolute Gasteiger partial charge is 0.194 e. The molecule has 1 aromatic rings. The highest BCUT2D eigenvalue weighted by atomic mass is 16.5. The molecule has 1 aliphatic rings. The number of aliphatic imine (C=N–C) groups is 1. The van der Waals surface area contributed by atoms with Crippen LogP contribution in [0.3, 0.4) is 0 Å². The molecule has 0 saturated carbocycles. The van der Waals surface area contributed by atoms with Crippen molar-refractivity contribution in [3.05, 3.63) is 29.8 Å². The average Bonchev–Trinajstić information content (AvgIpc) is 3.11. The van der Waals surface area contributed by atoms with E-state index in [9.17, 15) is 0 Å². The maximum Gasteiger partial charge on any atom is 0.194 e. The van der Waals surface area contributed by atoms with E-state index in [0.29, 0.717) is 25.7 Å². The monoisotopic (exact) mass is 362 g/mol. The summed E-state index contributed by atoms with van der Waals surface area (Å²) in [6.07, 6.45) is 1.15. The minimum absolute atomic E-state index is 0.565. The second-order valence-corrected chi connectivity index (χ2v) is 6.90. The Hall–Kier alpha value is -1.79. The van der Waals surface area contributed by atoms with Crippen LogP contribution in [0.4, 0.5) is 5.69 Å². The fourth-order valence-corrected chi connectivity index (χ4v) is 3.04. The van der Waals surface area contributed by atoms with Gasteiger partial charge in [-0.25, -0.2) is 4.99 Å². The van der Waals surface area contributed by atoms with E-state index in [-0.39, 0.29) is 0 Å². The van der Waals surface area contributed by atoms with E-state index in [1.807, 2.05) is 0 Å². The molecule has 0 aromatic heterocycles. The van der Waals surface area contributed by atoms with Crippen molar-refractivity contribution in [2.45, 2.75) is 19.9 Å². The van der Waals surface area contributed by atoms with Crippen molar-refractivity contribution < 1.29 is 9.47 Å². The molecule has 1 fully saturated rings. The zero-order valence-electron chi connectivity index (χ0n) is 16.7. The molecule has 0 aliphatic carbocycles. The van der Waals surface area contributed by atoms with E-state index in [0.717, 1.165) is 38.6 Å². The van der Waals surface area contributed by atoms with E-state index in [2.05, 4.69) is 60.4 Å². The third-order valence-electron chi connectivity index (χ3n) is 4.57. The number of nitrogens with zero attached hydrogens (tertiary/aromatic N) is 3. The van der Waals surface area contributed by atoms with Crippen molar-refractivity contribution in [3.63, 3.8) is 0 Å². The first kappa shape index (κ1) is 20.5. The van der Waals surface area contributed by atoms with E-state index >= 15 is 0 Å². The Morgan fingerprint density at radius 3 is 2.69 bits per heavy atom. The summed E-state index contributed by atoms with van der Waals surface area (Å²) in [5.41, 5.74) is 2.44. The Balaban J connectivity index is 1.88. The van der Waals surface area contributed by atoms with Crippen molar-refractivity contribution in [1.29, 1.82) is 0 Å². The summed E-state index contributed by atoms with van der Waals surface area (Å²) in [5.74, 6) is 1.57. The number of ether oxygens (including phenoxy) is 2. The highest BCUT2D eigenvalue weighted by Crippen LogP contribution is 2.17. The first-order valence-corrected chi connectivity index (χ1v) is 9.50. The van der Waals surface area contributed by atoms with E-state index in [1.165, 1.54) is 11.3 Å². The molecule has 0 bridgehead atoms. The van der Waals surface area contributed by atoms with E-state index < -0.39 is 0 Å². The Morgan fingerprint density at radius 1 is 1.27 bits per heavy atom. The first-order valence-electron chi connectivity index (χ1n) is 9.50. The molecule has 0 spiro atoms. The van der Waals surface area contributed by atoms with Crippen LogP contribution >= 0.6 is 0 Å². The Labute approximate surface area is 158 Å². The topological polar surface area (TPSA) is 49.3 Å². The molecule has 6 heteroatoms. The van der Waals surface area contributed by atoms with Crippen molar-refractivity contribution in [1.82, 2.24) is 10.2 Å². The molecule has 26 heavy (non-hydrogen) atoms. The zero-order valence-corrected chi connectivity index (χ0v) is 16.7. The average molecular weight is 363 g/mol. The summed E-state index contributed by atoms with van der Waals surface area (Å²) >= 11 is 0. The van der Waals surface area contributed by atoms with Gasteiger partial charge in [0.2, 0.25) is 0 Å². The number of nitrogens with one attached hydrogen (secondary N) is 1. The quantitative estimate of drug-likeness (QED) is 0.415. The fraction of sp³-hybridized carbons (Fsp3) is 0.650. The van der Waals surface area contributed by atoms with Gasteiger partial charge in [-0.05, 0) is 31.0 Å². The zero-order chi connectivity index (χ0) is 18.8. The number of guanidine groups is 1. The van der Waals surface area contributed by atoms with Crippen molar-refractivity contribution >= 4 is 11.6 Å². The summed E-state index contributed by atoms with van der Waals surface area (Å²) in [6.45, 7) is 7.85. The van der Waals surface area contributed by atoms with Crippen LogP contribution in [0.1, 0.15) is 18.9 Å². The van der Waals surface area contributed by atoms with Gasteiger partial charge in [-0.2, -0.15) is 0 Å². The summed E-state index contributed by atoms with van der Waals surface area (Å²) in [7, 11) is 5.81. The van der Waals surface area contributed by atoms with Gasteiger partial charge < -0.3 is 24.6 Å². The molecule has 1 atom stereocenters. The lowest BCUT2D eigenvalue weighted by Gasteiger charge is -2.22. The van der Waals surface area contributed by atoms with Crippen molar-refractivity contribution in [2.24, 2.45) is 10.9 Å². The molecular formula is C20H34N4O2. The number of anilines is 1. The van der Waals surface area contributed by atoms with Gasteiger partial charge in [-0.15, -0.1) is 0 Å². The second-order valence-electron chi connectivity index (χ2n) is 6.90. The van der Waals surface area contributed by atoms with Crippen LogP contribution in [0.5, 0.6) is 0 Å². The van der Waals surface area contributed by atoms with Crippen molar-refractivity contribution in [3.8, 4) is 0 Å². The Bertz CT molecular complexity index is 545. The van der Waals surface area contributed by atoms with Crippen LogP contribution in [-0.2, 0) is 16.0 Å². The summed E-state index contributed by atoms with van der Waals surface area (Å²) in [5, 5.41) is 3.43. The van der Waals surface area contributed by atoms with Gasteiger partial charge in [0, 0.05) is 52.4 Å². The maximum atomic E-state index is 5.69. The normalized spacial score (nSPS) is 17.6. The van der Waals surface area contributed by atoms with Crippen molar-refractivity contribution in [2.75, 3.05) is 65.6 Å². The van der Waals surface area contributed by atoms with Crippen LogP contribution < -0.4 is 10.2 Å². The molecule has 2 rings (SSSR count). The van der Waals surface area contributed by atoms with Crippen LogP contribution in [-0.4, -0.2) is 71.5 Å². The molecule has 1 aliphatic heterocycles. The number of hydrogen-bond acceptors (Lipinski definition) is 4. The first-order chi connectivity index (χ1) is 12.6. The number of rotatable bonds is 9. The fourth-order valence-electron chi connectivity index (χ4n) is 3.04. The van der Waals surface area contributed by atoms with Gasteiger partial charge >= 0.3 is 0 Å². The summed E-state index contributed by atoms with van der Waals surface area (Å²) in [4.78, 5) is 9.30. The van der Waals surface area contributed by atoms with Gasteiger partial charge in [0.05, 0.1) is 26.4 Å². The minimum atomic E-state index is 0.565. The van der Waals surface area contributed by atoms with Gasteiger partial charge in [0.1, 0.15) is 0 Å². The molecule has 1 N–H and O–H groups in total. The molecule has 1 saturated heterocycles. The predicted octanol–water partition coefficient (Wildman–Crippen LogP) is 2.20. The third-order valence-corrected chi connectivity index (χ3v) is 4.57. The summed E-state index contributed by atoms with van der Waals surface area (Å²) < 4.78 is 10.7. The number of likely N-dealkylation sites (tertiary alicyclic amines) is 1. The largest absolute Gasteiger partial charge is 0.382 e. The minimum Gasteiger partial charge on any atom is -0.382 e. The molecule has 1 aromatic carbocycles. The number of methoxy groups -OCH3 is 1. The number of hydrogen-bond donors (Lipinski definition) is 1. The standard InChI is InChI=1S/C20H34N4O2/c1-5-21-20(22-14-17-6-8-19(9-7-17)23(2)3)24-11-10-18(15-24)16-26-13-12-25-4/h6-9,18H,5,10-16H2,1-4H3,(H,21,22). The van der Waals surface area contributed by atoms with E-state index in [4.69, 9.17) is 14.5 Å². The second kappa shape index (κ2) is 11.0. The molecule has 6 nitrogen and oxygen atoms in total. The molecule has 1 heterocycles. The van der Waals surface area contributed by atoms with Crippen LogP contribution in [0.2, 0.25) is 0 Å². The van der Waals surface area contributed by atoms with Crippen LogP contribution in [0.25, 0.3) is 0 Å². The highest BCUT2D eigenvalue weighted by Gasteiger charge is 2.24. The molecule has 1 unspecified atom stereocenters. The lowest BCUT2D eigenvalue weighted by atomic mass is 10.1. The number of benzene rings is 1. The van der Waals surface area contributed by atoms with Gasteiger partial charge in [0.15, 0.2) is 5.96 Å². The van der Waals surface area contributed by atoms with Gasteiger partial charge in [-0.1, -0.05) is 12.1 Å². The third kappa shape index (κ3) is 6.50. The SMILES string of the molecule is CCNC(=NCc1ccc(N(C)C)cc1)N1CCC(COCCOC)C1. The Kier molecular flexibility index (Phi) is 8.71. The van der Waals surface area contributed by atoms with Gasteiger partial charge in [0.25, 0.3) is 0 Å². The molecule has 0 radical (unpaired) electrons. The van der Waals surface area contributed by atoms with Crippen LogP contribution in [0.15, 0.2) is 29.3 Å². The lowest BCUT2D eigenvalue weighted by molar-refractivity contribution is 0.0536. The van der Waals surface area contributed by atoms with Gasteiger partial charge in [-0.3, -0.25) is 0 Å². The highest BCUT2D eigenvalue weighted by molar-refractivity contribution is 5.80. The lowest BCUT2D eigenvalue weighted by Crippen LogP contribution is -2.40. The maximum absolute atomic E-state index is 5.69. The van der Waals surface area contributed by atoms with Crippen LogP contribution in [0, 0.1) is 5.92 Å². The summed E-state index contributed by atoms with van der Waals surface area (Å²) in [6, 6.07) is 8.58. The van der Waals surface area contributed by atoms with E-state index in [1.54, 1.807) is 7.11 Å². The Morgan fingerprint density at radius 2 is 2.04 bits per heavy atom.